The van der Waals surface area contributed by atoms with E-state index in [9.17, 15) is 19.2 Å². The molecule has 3 aromatic carbocycles. The minimum atomic E-state index is -0.890. The van der Waals surface area contributed by atoms with Crippen LogP contribution in [0, 0.1) is 0 Å². The summed E-state index contributed by atoms with van der Waals surface area (Å²) in [4.78, 5) is 56.6. The molecule has 1 heterocycles. The van der Waals surface area contributed by atoms with Crippen molar-refractivity contribution in [2.45, 2.75) is 38.1 Å². The lowest BCUT2D eigenvalue weighted by Crippen LogP contribution is -2.42. The molecule has 0 aliphatic carbocycles. The van der Waals surface area contributed by atoms with Crippen LogP contribution in [0.1, 0.15) is 45.0 Å². The van der Waals surface area contributed by atoms with Crippen molar-refractivity contribution in [3.63, 3.8) is 0 Å². The topological polar surface area (TPSA) is 137 Å². The number of amides is 2. The van der Waals surface area contributed by atoms with Crippen LogP contribution in [-0.4, -0.2) is 64.8 Å². The second-order valence-electron chi connectivity index (χ2n) is 10.3. The summed E-state index contributed by atoms with van der Waals surface area (Å²) in [5.41, 5.74) is 1.80. The lowest BCUT2D eigenvalue weighted by molar-refractivity contribution is -0.149. The molecular formula is C35H37N3O7S2. The maximum atomic E-state index is 13.2. The average molecular weight is 676 g/mol. The van der Waals surface area contributed by atoms with Gasteiger partial charge in [0, 0.05) is 16.7 Å². The number of hydrogen-bond acceptors (Lipinski definition) is 10. The molecule has 0 radical (unpaired) electrons. The van der Waals surface area contributed by atoms with Gasteiger partial charge in [-0.3, -0.25) is 9.59 Å². The summed E-state index contributed by atoms with van der Waals surface area (Å²) < 4.78 is 17.3. The Bertz CT molecular complexity index is 1500. The van der Waals surface area contributed by atoms with Gasteiger partial charge >= 0.3 is 11.9 Å². The SMILES string of the molecule is CSCC[C@H](NC(=O)c1ccccc1)C(=O)OCc1nc(-c2ccccc2)oc1COC(=O)[C@@H](CCSC)NC(=O)c1ccccc1. The molecule has 0 unspecified atom stereocenters. The van der Waals surface area contributed by atoms with Crippen LogP contribution < -0.4 is 10.6 Å². The molecule has 0 spiro atoms. The molecule has 0 bridgehead atoms. The van der Waals surface area contributed by atoms with Crippen LogP contribution in [-0.2, 0) is 32.3 Å². The number of oxazole rings is 1. The molecule has 10 nitrogen and oxygen atoms in total. The van der Waals surface area contributed by atoms with E-state index in [4.69, 9.17) is 13.9 Å². The minimum Gasteiger partial charge on any atom is -0.458 e. The molecule has 0 fully saturated rings. The zero-order valence-electron chi connectivity index (χ0n) is 26.2. The zero-order chi connectivity index (χ0) is 33.4. The standard InChI is InChI=1S/C35H37N3O7S2/c1-46-20-18-27(36-31(39)24-12-6-3-7-13-24)34(41)43-22-29-30(45-33(38-29)26-16-10-5-11-17-26)23-44-35(42)28(19-21-47-2)37-32(40)25-14-8-4-9-15-25/h3-17,27-28H,18-23H2,1-2H3,(H,36,39)(H,37,40)/t27-,28+/m0/s1. The van der Waals surface area contributed by atoms with Crippen LogP contribution in [0.15, 0.2) is 95.4 Å². The van der Waals surface area contributed by atoms with Crippen LogP contribution in [0.5, 0.6) is 0 Å². The summed E-state index contributed by atoms with van der Waals surface area (Å²) in [6.07, 6.45) is 4.55. The predicted molar refractivity (Wildman–Crippen MR) is 183 cm³/mol. The number of benzene rings is 3. The van der Waals surface area contributed by atoms with Crippen LogP contribution in [0.25, 0.3) is 11.5 Å². The molecule has 2 amide bonds. The number of rotatable bonds is 17. The summed E-state index contributed by atoms with van der Waals surface area (Å²) in [5, 5.41) is 5.54. The number of esters is 2. The maximum Gasteiger partial charge on any atom is 0.329 e. The van der Waals surface area contributed by atoms with Gasteiger partial charge in [0.15, 0.2) is 12.4 Å². The van der Waals surface area contributed by atoms with E-state index < -0.39 is 24.0 Å². The number of nitrogens with one attached hydrogen (secondary N) is 2. The molecular weight excluding hydrogens is 639 g/mol. The van der Waals surface area contributed by atoms with E-state index in [1.54, 1.807) is 84.2 Å². The van der Waals surface area contributed by atoms with E-state index in [1.807, 2.05) is 42.8 Å². The quantitative estimate of drug-likeness (QED) is 0.138. The van der Waals surface area contributed by atoms with Crippen molar-refractivity contribution in [2.24, 2.45) is 0 Å². The Morgan fingerprint density at radius 2 is 1.13 bits per heavy atom. The third-order valence-electron chi connectivity index (χ3n) is 6.97. The predicted octanol–water partition coefficient (Wildman–Crippen LogP) is 5.53. The van der Waals surface area contributed by atoms with Gasteiger partial charge in [0.05, 0.1) is 0 Å². The second-order valence-corrected chi connectivity index (χ2v) is 12.3. The number of thioether (sulfide) groups is 2. The van der Waals surface area contributed by atoms with Crippen molar-refractivity contribution in [3.8, 4) is 11.5 Å². The van der Waals surface area contributed by atoms with E-state index in [-0.39, 0.29) is 42.4 Å². The summed E-state index contributed by atoms with van der Waals surface area (Å²) >= 11 is 3.09. The van der Waals surface area contributed by atoms with Gasteiger partial charge in [0.25, 0.3) is 11.8 Å². The smallest absolute Gasteiger partial charge is 0.329 e. The van der Waals surface area contributed by atoms with Gasteiger partial charge < -0.3 is 24.5 Å². The first kappa shape index (κ1) is 35.3. The van der Waals surface area contributed by atoms with E-state index in [1.165, 1.54) is 0 Å². The zero-order valence-corrected chi connectivity index (χ0v) is 27.8. The second kappa shape index (κ2) is 18.6. The number of nitrogens with zero attached hydrogens (tertiary/aromatic N) is 1. The van der Waals surface area contributed by atoms with Gasteiger partial charge in [-0.2, -0.15) is 23.5 Å². The highest BCUT2D eigenvalue weighted by molar-refractivity contribution is 7.98. The highest BCUT2D eigenvalue weighted by atomic mass is 32.2. The van der Waals surface area contributed by atoms with Crippen LogP contribution in [0.3, 0.4) is 0 Å². The van der Waals surface area contributed by atoms with Crippen molar-refractivity contribution < 1.29 is 33.1 Å². The molecule has 2 atom stereocenters. The van der Waals surface area contributed by atoms with E-state index >= 15 is 0 Å². The molecule has 0 aliphatic rings. The van der Waals surface area contributed by atoms with Gasteiger partial charge in [0.2, 0.25) is 5.89 Å². The number of carbonyl (C=O) groups is 4. The highest BCUT2D eigenvalue weighted by Crippen LogP contribution is 2.24. The molecule has 0 aliphatic heterocycles. The first-order chi connectivity index (χ1) is 22.9. The molecule has 2 N–H and O–H groups in total. The average Bonchev–Trinajstić information content (AvgIpc) is 3.53. The van der Waals surface area contributed by atoms with Gasteiger partial charge in [-0.1, -0.05) is 54.6 Å². The van der Waals surface area contributed by atoms with Crippen molar-refractivity contribution >= 4 is 47.3 Å². The molecule has 246 valence electrons. The third-order valence-corrected chi connectivity index (χ3v) is 8.26. The molecule has 0 saturated heterocycles. The lowest BCUT2D eigenvalue weighted by Gasteiger charge is -2.18. The number of carbonyl (C=O) groups excluding carboxylic acids is 4. The van der Waals surface area contributed by atoms with Crippen LogP contribution in [0.2, 0.25) is 0 Å². The van der Waals surface area contributed by atoms with Gasteiger partial charge in [-0.25, -0.2) is 14.6 Å². The van der Waals surface area contributed by atoms with E-state index in [0.717, 1.165) is 0 Å². The van der Waals surface area contributed by atoms with Crippen molar-refractivity contribution in [3.05, 3.63) is 114 Å². The Kier molecular flexibility index (Phi) is 13.9. The number of aromatic nitrogens is 1. The van der Waals surface area contributed by atoms with Gasteiger partial charge in [-0.15, -0.1) is 0 Å². The largest absolute Gasteiger partial charge is 0.458 e. The normalized spacial score (nSPS) is 12.0. The summed E-state index contributed by atoms with van der Waals surface area (Å²) in [5.74, 6) is -0.341. The molecule has 4 rings (SSSR count). The van der Waals surface area contributed by atoms with Crippen LogP contribution >= 0.6 is 23.5 Å². The summed E-state index contributed by atoms with van der Waals surface area (Å²) in [6.45, 7) is -0.581. The first-order valence-electron chi connectivity index (χ1n) is 15.0. The third kappa shape index (κ3) is 10.8. The Morgan fingerprint density at radius 3 is 1.60 bits per heavy atom. The maximum absolute atomic E-state index is 13.2. The lowest BCUT2D eigenvalue weighted by atomic mass is 10.1. The van der Waals surface area contributed by atoms with E-state index in [2.05, 4.69) is 15.6 Å². The Morgan fingerprint density at radius 1 is 0.681 bits per heavy atom. The monoisotopic (exact) mass is 675 g/mol. The molecule has 1 aromatic heterocycles. The Hall–Kier alpha value is -4.55. The molecule has 47 heavy (non-hydrogen) atoms. The fourth-order valence-electron chi connectivity index (χ4n) is 4.42. The Labute approximate surface area is 282 Å². The van der Waals surface area contributed by atoms with Crippen molar-refractivity contribution in [1.82, 2.24) is 15.6 Å². The molecule has 4 aromatic rings. The van der Waals surface area contributed by atoms with E-state index in [0.29, 0.717) is 41.0 Å². The highest BCUT2D eigenvalue weighted by Gasteiger charge is 2.27. The Balaban J connectivity index is 1.47. The van der Waals surface area contributed by atoms with Gasteiger partial charge in [0.1, 0.15) is 24.4 Å². The molecule has 0 saturated carbocycles. The minimum absolute atomic E-state index is 0.192. The van der Waals surface area contributed by atoms with Crippen molar-refractivity contribution in [1.29, 1.82) is 0 Å². The van der Waals surface area contributed by atoms with Crippen molar-refractivity contribution in [2.75, 3.05) is 24.0 Å². The summed E-state index contributed by atoms with van der Waals surface area (Å²) in [6, 6.07) is 24.6. The molecule has 12 heteroatoms. The summed E-state index contributed by atoms with van der Waals surface area (Å²) in [7, 11) is 0. The number of hydrogen-bond donors (Lipinski definition) is 2. The van der Waals surface area contributed by atoms with Gasteiger partial charge in [-0.05, 0) is 73.3 Å². The fraction of sp³-hybridized carbons (Fsp3) is 0.286. The first-order valence-corrected chi connectivity index (χ1v) is 17.7. The number of ether oxygens (including phenoxy) is 2. The van der Waals surface area contributed by atoms with Crippen LogP contribution in [0.4, 0.5) is 0 Å². The fourth-order valence-corrected chi connectivity index (χ4v) is 5.36.